The second-order valence-electron chi connectivity index (χ2n) is 8.02. The number of amidine groups is 1. The second kappa shape index (κ2) is 8.75. The molecule has 169 valence electrons. The van der Waals surface area contributed by atoms with Gasteiger partial charge < -0.3 is 10.6 Å². The van der Waals surface area contributed by atoms with E-state index in [9.17, 15) is 9.59 Å². The second-order valence-corrected chi connectivity index (χ2v) is 9.14. The van der Waals surface area contributed by atoms with Gasteiger partial charge in [0.05, 0.1) is 6.20 Å². The molecule has 2 amide bonds. The van der Waals surface area contributed by atoms with E-state index >= 15 is 0 Å². The molecule has 1 aromatic heterocycles. The number of fused-ring (bicyclic) bond motifs is 1. The lowest BCUT2D eigenvalue weighted by Gasteiger charge is -2.24. The molecule has 33 heavy (non-hydrogen) atoms. The highest BCUT2D eigenvalue weighted by atomic mass is 32.2. The van der Waals surface area contributed by atoms with E-state index < -0.39 is 0 Å². The number of aromatic nitrogens is 2. The lowest BCUT2D eigenvalue weighted by atomic mass is 10.3. The standard InChI is InChI=1S/C22H24N8O2S/c1-13-9-18(28-27-13)26-20-12-29(11-19-25-17(10-30(19)20)22(32)23-2)33-16-7-5-15(6-8-16)24-21(31)14-3-4-14/h5-10,12,14H,3-4,11H2,1-2H3,(H,23,32)(H,24,31)(H2,26,27,28)/q+1. The fraction of sp³-hybridized carbons (Fsp3) is 0.273. The number of nitrogens with one attached hydrogen (secondary N) is 4. The number of carbonyl (C=O) groups is 2. The quantitative estimate of drug-likeness (QED) is 0.369. The van der Waals surface area contributed by atoms with Crippen LogP contribution in [0, 0.1) is 12.8 Å². The van der Waals surface area contributed by atoms with Crippen LogP contribution in [0.1, 0.15) is 18.5 Å². The number of H-pyrrole nitrogens is 1. The van der Waals surface area contributed by atoms with Crippen LogP contribution in [-0.2, 0) is 9.59 Å². The van der Waals surface area contributed by atoms with Gasteiger partial charge in [-0.2, -0.15) is 10.1 Å². The number of aryl methyl sites for hydroxylation is 1. The molecule has 0 bridgehead atoms. The Bertz CT molecular complexity index is 1180. The van der Waals surface area contributed by atoms with Crippen LogP contribution in [0.15, 0.2) is 64.1 Å². The molecule has 1 saturated carbocycles. The van der Waals surface area contributed by atoms with E-state index in [0.29, 0.717) is 18.1 Å². The number of rotatable bonds is 7. The van der Waals surface area contributed by atoms with Gasteiger partial charge in [-0.25, -0.2) is 0 Å². The Morgan fingerprint density at radius 2 is 2.03 bits per heavy atom. The van der Waals surface area contributed by atoms with Gasteiger partial charge in [-0.05, 0) is 60.9 Å². The van der Waals surface area contributed by atoms with Crippen LogP contribution in [0.5, 0.6) is 0 Å². The van der Waals surface area contributed by atoms with Gasteiger partial charge in [-0.3, -0.25) is 24.3 Å². The van der Waals surface area contributed by atoms with E-state index in [1.807, 2.05) is 52.7 Å². The van der Waals surface area contributed by atoms with Crippen LogP contribution in [0.4, 0.5) is 11.5 Å². The highest BCUT2D eigenvalue weighted by Crippen LogP contribution is 2.32. The Balaban J connectivity index is 1.33. The van der Waals surface area contributed by atoms with Crippen LogP contribution >= 0.6 is 11.9 Å². The molecule has 0 unspecified atom stereocenters. The lowest BCUT2D eigenvalue weighted by Crippen LogP contribution is -2.42. The lowest BCUT2D eigenvalue weighted by molar-refractivity contribution is -0.118. The summed E-state index contributed by atoms with van der Waals surface area (Å²) in [4.78, 5) is 31.5. The van der Waals surface area contributed by atoms with Gasteiger partial charge in [0.15, 0.2) is 17.7 Å². The first-order valence-electron chi connectivity index (χ1n) is 10.7. The predicted molar refractivity (Wildman–Crippen MR) is 127 cm³/mol. The van der Waals surface area contributed by atoms with Crippen molar-refractivity contribution in [3.05, 3.63) is 59.9 Å². The van der Waals surface area contributed by atoms with Crippen LogP contribution in [0.25, 0.3) is 0 Å². The van der Waals surface area contributed by atoms with E-state index in [2.05, 4.69) is 31.1 Å². The zero-order chi connectivity index (χ0) is 22.9. The molecule has 3 aliphatic rings. The minimum absolute atomic E-state index is 0.0949. The Labute approximate surface area is 195 Å². The maximum atomic E-state index is 12.1. The first-order chi connectivity index (χ1) is 16.0. The monoisotopic (exact) mass is 464 g/mol. The van der Waals surface area contributed by atoms with E-state index in [4.69, 9.17) is 0 Å². The molecule has 2 aromatic rings. The number of hydrogen-bond donors (Lipinski definition) is 4. The number of aromatic amines is 1. The molecule has 1 aromatic carbocycles. The van der Waals surface area contributed by atoms with Crippen molar-refractivity contribution in [1.29, 1.82) is 0 Å². The molecule has 11 heteroatoms. The molecule has 5 rings (SSSR count). The van der Waals surface area contributed by atoms with Crippen LogP contribution < -0.4 is 20.9 Å². The fourth-order valence-corrected chi connectivity index (χ4v) is 4.31. The van der Waals surface area contributed by atoms with E-state index in [1.54, 1.807) is 13.2 Å². The largest absolute Gasteiger partial charge is 0.354 e. The first-order valence-corrected chi connectivity index (χ1v) is 11.4. The van der Waals surface area contributed by atoms with E-state index in [1.165, 1.54) is 11.9 Å². The third-order valence-corrected chi connectivity index (χ3v) is 6.27. The SMILES string of the molecule is CNC(=O)C1=C[N+]2C(Nc3cc(C)[nH]n3)=CN(Sc3ccc(NC(=O)C4CC4)cc3)CC2=N1. The molecule has 1 radical (unpaired) electrons. The number of nitrogens with zero attached hydrogens (tertiary/aromatic N) is 4. The summed E-state index contributed by atoms with van der Waals surface area (Å²) in [7, 11) is 1.58. The topological polar surface area (TPSA) is 120 Å². The Hall–Kier alpha value is -3.57. The number of hydrogen-bond acceptors (Lipinski definition) is 8. The van der Waals surface area contributed by atoms with Crippen LogP contribution in [-0.4, -0.2) is 45.7 Å². The maximum Gasteiger partial charge on any atom is 0.285 e. The molecular weight excluding hydrogens is 440 g/mol. The molecule has 3 heterocycles. The summed E-state index contributed by atoms with van der Waals surface area (Å²) in [5.41, 5.74) is 2.08. The van der Waals surface area contributed by atoms with Gasteiger partial charge in [-0.1, -0.05) is 0 Å². The van der Waals surface area contributed by atoms with Gasteiger partial charge in [0.2, 0.25) is 5.91 Å². The average molecular weight is 465 g/mol. The average Bonchev–Trinajstić information content (AvgIpc) is 3.45. The Morgan fingerprint density at radius 1 is 1.24 bits per heavy atom. The normalized spacial score (nSPS) is 17.6. The predicted octanol–water partition coefficient (Wildman–Crippen LogP) is 2.44. The number of amides is 2. The maximum absolute atomic E-state index is 12.1. The van der Waals surface area contributed by atoms with Gasteiger partial charge >= 0.3 is 0 Å². The summed E-state index contributed by atoms with van der Waals surface area (Å²) in [5.74, 6) is 2.15. The van der Waals surface area contributed by atoms with Crippen molar-refractivity contribution in [2.75, 3.05) is 24.2 Å². The van der Waals surface area contributed by atoms with Crippen molar-refractivity contribution in [2.24, 2.45) is 10.9 Å². The molecule has 0 saturated heterocycles. The fourth-order valence-electron chi connectivity index (χ4n) is 3.45. The minimum Gasteiger partial charge on any atom is -0.354 e. The number of benzene rings is 1. The molecular formula is C22H24N8O2S+. The smallest absolute Gasteiger partial charge is 0.285 e. The van der Waals surface area contributed by atoms with Gasteiger partial charge in [0, 0.05) is 35.3 Å². The molecule has 10 nitrogen and oxygen atoms in total. The zero-order valence-electron chi connectivity index (χ0n) is 18.3. The van der Waals surface area contributed by atoms with Crippen molar-refractivity contribution in [3.63, 3.8) is 0 Å². The van der Waals surface area contributed by atoms with E-state index in [-0.39, 0.29) is 17.7 Å². The number of carbonyl (C=O) groups excluding carboxylic acids is 2. The highest BCUT2D eigenvalue weighted by molar-refractivity contribution is 7.97. The van der Waals surface area contributed by atoms with Gasteiger partial charge in [-0.15, -0.1) is 0 Å². The highest BCUT2D eigenvalue weighted by Gasteiger charge is 2.41. The molecule has 1 aliphatic carbocycles. The Kier molecular flexibility index (Phi) is 5.65. The summed E-state index contributed by atoms with van der Waals surface area (Å²) in [6.45, 7) is 2.44. The van der Waals surface area contributed by atoms with Crippen molar-refractivity contribution in [3.8, 4) is 0 Å². The summed E-state index contributed by atoms with van der Waals surface area (Å²) in [6, 6.07) is 9.67. The summed E-state index contributed by atoms with van der Waals surface area (Å²) < 4.78 is 2.04. The third kappa shape index (κ3) is 4.78. The van der Waals surface area contributed by atoms with Crippen molar-refractivity contribution >= 4 is 41.1 Å². The summed E-state index contributed by atoms with van der Waals surface area (Å²) in [5, 5.41) is 16.0. The first kappa shape index (κ1) is 21.3. The third-order valence-electron chi connectivity index (χ3n) is 5.32. The molecule has 0 spiro atoms. The summed E-state index contributed by atoms with van der Waals surface area (Å²) in [6.07, 6.45) is 5.63. The molecule has 2 aliphatic heterocycles. The number of aliphatic imine (C=N–C) groups is 1. The molecule has 1 fully saturated rings. The Morgan fingerprint density at radius 3 is 2.70 bits per heavy atom. The van der Waals surface area contributed by atoms with Crippen LogP contribution in [0.3, 0.4) is 0 Å². The van der Waals surface area contributed by atoms with Gasteiger partial charge in [0.1, 0.15) is 6.54 Å². The van der Waals surface area contributed by atoms with E-state index in [0.717, 1.165) is 40.8 Å². The van der Waals surface area contributed by atoms with Crippen LogP contribution in [0.2, 0.25) is 0 Å². The minimum atomic E-state index is -0.241. The van der Waals surface area contributed by atoms with Crippen molar-refractivity contribution in [1.82, 2.24) is 24.7 Å². The summed E-state index contributed by atoms with van der Waals surface area (Å²) >= 11 is 1.54. The van der Waals surface area contributed by atoms with Crippen molar-refractivity contribution < 1.29 is 9.59 Å². The number of likely N-dealkylation sites (N-methyl/N-ethyl adjacent to an activating group) is 1. The number of anilines is 2. The van der Waals surface area contributed by atoms with Crippen molar-refractivity contribution in [2.45, 2.75) is 24.7 Å². The molecule has 0 atom stereocenters. The zero-order valence-corrected chi connectivity index (χ0v) is 19.1. The van der Waals surface area contributed by atoms with Gasteiger partial charge in [0.25, 0.3) is 17.6 Å². The molecule has 4 N–H and O–H groups in total.